The van der Waals surface area contributed by atoms with Crippen LogP contribution in [0.4, 0.5) is 11.8 Å². The van der Waals surface area contributed by atoms with E-state index >= 15 is 0 Å². The van der Waals surface area contributed by atoms with Crippen molar-refractivity contribution in [2.45, 2.75) is 27.2 Å². The van der Waals surface area contributed by atoms with Gasteiger partial charge >= 0.3 is 0 Å². The number of rotatable bonds is 5. The van der Waals surface area contributed by atoms with Gasteiger partial charge in [-0.05, 0) is 38.5 Å². The van der Waals surface area contributed by atoms with E-state index in [1.165, 1.54) is 6.20 Å². The van der Waals surface area contributed by atoms with Gasteiger partial charge in [-0.15, -0.1) is 0 Å². The standard InChI is InChI=1S/C15H19N5O/c1-4-7-16-13-6-5-12(9-17-13)14(21)20-15-18-10(2)8-11(3)19-15/h5-6,8-9H,4,7H2,1-3H3,(H,16,17)(H,18,19,20,21). The van der Waals surface area contributed by atoms with E-state index in [-0.39, 0.29) is 5.91 Å². The van der Waals surface area contributed by atoms with Crippen LogP contribution in [-0.4, -0.2) is 27.4 Å². The molecule has 0 aliphatic heterocycles. The van der Waals surface area contributed by atoms with Crippen LogP contribution in [0.3, 0.4) is 0 Å². The zero-order valence-electron chi connectivity index (χ0n) is 12.5. The number of carbonyl (C=O) groups excluding carboxylic acids is 1. The number of pyridine rings is 1. The molecule has 0 spiro atoms. The second kappa shape index (κ2) is 6.78. The smallest absolute Gasteiger partial charge is 0.259 e. The molecule has 6 nitrogen and oxygen atoms in total. The van der Waals surface area contributed by atoms with Crippen LogP contribution in [0.25, 0.3) is 0 Å². The lowest BCUT2D eigenvalue weighted by molar-refractivity contribution is 0.102. The van der Waals surface area contributed by atoms with Gasteiger partial charge in [-0.1, -0.05) is 6.92 Å². The predicted octanol–water partition coefficient (Wildman–Crippen LogP) is 2.56. The van der Waals surface area contributed by atoms with Crippen molar-refractivity contribution in [3.05, 3.63) is 41.3 Å². The van der Waals surface area contributed by atoms with Crippen LogP contribution in [0.15, 0.2) is 24.4 Å². The summed E-state index contributed by atoms with van der Waals surface area (Å²) < 4.78 is 0. The van der Waals surface area contributed by atoms with Gasteiger partial charge in [-0.25, -0.2) is 15.0 Å². The lowest BCUT2D eigenvalue weighted by Gasteiger charge is -2.07. The van der Waals surface area contributed by atoms with Gasteiger partial charge in [0.05, 0.1) is 5.56 Å². The molecule has 0 aromatic carbocycles. The molecule has 6 heteroatoms. The topological polar surface area (TPSA) is 79.8 Å². The Bertz CT molecular complexity index is 604. The number of amides is 1. The average molecular weight is 285 g/mol. The first kappa shape index (κ1) is 14.9. The third-order valence-electron chi connectivity index (χ3n) is 2.79. The Hall–Kier alpha value is -2.50. The molecule has 2 aromatic rings. The summed E-state index contributed by atoms with van der Waals surface area (Å²) >= 11 is 0. The van der Waals surface area contributed by atoms with Gasteiger partial charge in [0.25, 0.3) is 5.91 Å². The van der Waals surface area contributed by atoms with Crippen molar-refractivity contribution >= 4 is 17.7 Å². The Balaban J connectivity index is 2.06. The third-order valence-corrected chi connectivity index (χ3v) is 2.79. The Labute approximate surface area is 124 Å². The minimum absolute atomic E-state index is 0.269. The third kappa shape index (κ3) is 4.24. The van der Waals surface area contributed by atoms with Crippen LogP contribution in [-0.2, 0) is 0 Å². The molecule has 0 radical (unpaired) electrons. The van der Waals surface area contributed by atoms with Gasteiger partial charge < -0.3 is 5.32 Å². The molecule has 0 aliphatic rings. The fourth-order valence-corrected chi connectivity index (χ4v) is 1.84. The summed E-state index contributed by atoms with van der Waals surface area (Å²) in [6, 6.07) is 5.36. The van der Waals surface area contributed by atoms with E-state index in [9.17, 15) is 4.79 Å². The molecule has 110 valence electrons. The van der Waals surface area contributed by atoms with E-state index in [0.29, 0.717) is 11.5 Å². The zero-order chi connectivity index (χ0) is 15.2. The Morgan fingerprint density at radius 3 is 2.48 bits per heavy atom. The average Bonchev–Trinajstić information content (AvgIpc) is 2.44. The van der Waals surface area contributed by atoms with Gasteiger partial charge in [0.15, 0.2) is 0 Å². The van der Waals surface area contributed by atoms with Crippen molar-refractivity contribution in [3.8, 4) is 0 Å². The highest BCUT2D eigenvalue weighted by molar-refractivity contribution is 6.03. The summed E-state index contributed by atoms with van der Waals surface area (Å²) in [5, 5.41) is 5.84. The molecule has 0 aliphatic carbocycles. The number of aromatic nitrogens is 3. The van der Waals surface area contributed by atoms with Crippen LogP contribution in [0, 0.1) is 13.8 Å². The maximum absolute atomic E-state index is 12.1. The number of anilines is 2. The van der Waals surface area contributed by atoms with Gasteiger partial charge in [0.1, 0.15) is 5.82 Å². The molecule has 2 aromatic heterocycles. The monoisotopic (exact) mass is 285 g/mol. The van der Waals surface area contributed by atoms with Crippen molar-refractivity contribution in [2.75, 3.05) is 17.2 Å². The van der Waals surface area contributed by atoms with Crippen LogP contribution in [0.2, 0.25) is 0 Å². The van der Waals surface area contributed by atoms with E-state index in [4.69, 9.17) is 0 Å². The van der Waals surface area contributed by atoms with Crippen LogP contribution < -0.4 is 10.6 Å². The SMILES string of the molecule is CCCNc1ccc(C(=O)Nc2nc(C)cc(C)n2)cn1. The molecule has 2 heterocycles. The molecule has 2 N–H and O–H groups in total. The van der Waals surface area contributed by atoms with Crippen molar-refractivity contribution in [3.63, 3.8) is 0 Å². The van der Waals surface area contributed by atoms with Crippen molar-refractivity contribution in [1.82, 2.24) is 15.0 Å². The lowest BCUT2D eigenvalue weighted by atomic mass is 10.2. The van der Waals surface area contributed by atoms with E-state index in [2.05, 4.69) is 32.5 Å². The van der Waals surface area contributed by atoms with E-state index < -0.39 is 0 Å². The van der Waals surface area contributed by atoms with E-state index in [0.717, 1.165) is 30.2 Å². The second-order valence-corrected chi connectivity index (χ2v) is 4.79. The molecule has 1 amide bonds. The molecule has 0 saturated carbocycles. The Morgan fingerprint density at radius 2 is 1.90 bits per heavy atom. The summed E-state index contributed by atoms with van der Waals surface area (Å²) in [4.78, 5) is 24.7. The number of hydrogen-bond donors (Lipinski definition) is 2. The van der Waals surface area contributed by atoms with Crippen LogP contribution in [0.1, 0.15) is 35.1 Å². The molecular weight excluding hydrogens is 266 g/mol. The van der Waals surface area contributed by atoms with Gasteiger partial charge in [-0.3, -0.25) is 10.1 Å². The first-order chi connectivity index (χ1) is 10.1. The van der Waals surface area contributed by atoms with Gasteiger partial charge in [-0.2, -0.15) is 0 Å². The highest BCUT2D eigenvalue weighted by Crippen LogP contribution is 2.09. The zero-order valence-corrected chi connectivity index (χ0v) is 12.5. The van der Waals surface area contributed by atoms with Gasteiger partial charge in [0.2, 0.25) is 5.95 Å². The van der Waals surface area contributed by atoms with Crippen molar-refractivity contribution in [1.29, 1.82) is 0 Å². The maximum Gasteiger partial charge on any atom is 0.259 e. The molecule has 0 unspecified atom stereocenters. The summed E-state index contributed by atoms with van der Waals surface area (Å²) in [5.74, 6) is 0.802. The van der Waals surface area contributed by atoms with Gasteiger partial charge in [0, 0.05) is 24.1 Å². The largest absolute Gasteiger partial charge is 0.370 e. The lowest BCUT2D eigenvalue weighted by Crippen LogP contribution is -2.15. The number of nitrogens with one attached hydrogen (secondary N) is 2. The first-order valence-corrected chi connectivity index (χ1v) is 6.92. The molecule has 0 bridgehead atoms. The molecule has 2 rings (SSSR count). The summed E-state index contributed by atoms with van der Waals surface area (Å²) in [7, 11) is 0. The van der Waals surface area contributed by atoms with E-state index in [1.807, 2.05) is 19.9 Å². The van der Waals surface area contributed by atoms with Crippen LogP contribution >= 0.6 is 0 Å². The number of carbonyl (C=O) groups is 1. The second-order valence-electron chi connectivity index (χ2n) is 4.79. The number of hydrogen-bond acceptors (Lipinski definition) is 5. The number of nitrogens with zero attached hydrogens (tertiary/aromatic N) is 3. The minimum Gasteiger partial charge on any atom is -0.370 e. The number of aryl methyl sites for hydroxylation is 2. The Kier molecular flexibility index (Phi) is 4.81. The maximum atomic E-state index is 12.1. The summed E-state index contributed by atoms with van der Waals surface area (Å²) in [5.41, 5.74) is 2.10. The quantitative estimate of drug-likeness (QED) is 0.882. The summed E-state index contributed by atoms with van der Waals surface area (Å²) in [6.45, 7) is 6.66. The minimum atomic E-state index is -0.269. The van der Waals surface area contributed by atoms with E-state index in [1.54, 1.807) is 12.1 Å². The summed E-state index contributed by atoms with van der Waals surface area (Å²) in [6.07, 6.45) is 2.56. The predicted molar refractivity (Wildman–Crippen MR) is 82.5 cm³/mol. The molecule has 0 fully saturated rings. The normalized spacial score (nSPS) is 10.2. The van der Waals surface area contributed by atoms with Crippen molar-refractivity contribution in [2.24, 2.45) is 0 Å². The highest BCUT2D eigenvalue weighted by Gasteiger charge is 2.09. The highest BCUT2D eigenvalue weighted by atomic mass is 16.1. The first-order valence-electron chi connectivity index (χ1n) is 6.92. The fraction of sp³-hybridized carbons (Fsp3) is 0.333. The van der Waals surface area contributed by atoms with Crippen LogP contribution in [0.5, 0.6) is 0 Å². The Morgan fingerprint density at radius 1 is 1.19 bits per heavy atom. The molecule has 0 saturated heterocycles. The molecular formula is C15H19N5O. The molecule has 0 atom stereocenters. The van der Waals surface area contributed by atoms with Crippen molar-refractivity contribution < 1.29 is 4.79 Å². The molecule has 21 heavy (non-hydrogen) atoms. The fourth-order valence-electron chi connectivity index (χ4n) is 1.84.